The Hall–Kier alpha value is -2.63. The lowest BCUT2D eigenvalue weighted by Crippen LogP contribution is -2.35. The molecule has 0 aliphatic carbocycles. The molecule has 0 saturated carbocycles. The second kappa shape index (κ2) is 4.48. The van der Waals surface area contributed by atoms with Crippen molar-refractivity contribution < 1.29 is 19.2 Å². The van der Waals surface area contributed by atoms with Crippen molar-refractivity contribution in [3.05, 3.63) is 47.3 Å². The first-order valence-electron chi connectivity index (χ1n) is 6.19. The molecule has 1 aliphatic heterocycles. The minimum absolute atomic E-state index is 0.00452. The second-order valence-corrected chi connectivity index (χ2v) is 4.74. The van der Waals surface area contributed by atoms with Gasteiger partial charge in [-0.3, -0.25) is 4.79 Å². The lowest BCUT2D eigenvalue weighted by molar-refractivity contribution is 0.0651. The fraction of sp³-hybridized carbons (Fsp3) is 0.214. The highest BCUT2D eigenvalue weighted by atomic mass is 16.5. The summed E-state index contributed by atoms with van der Waals surface area (Å²) in [6.45, 7) is 1.94. The predicted octanol–water partition coefficient (Wildman–Crippen LogP) is 1.96. The Morgan fingerprint density at radius 3 is 2.85 bits per heavy atom. The number of carbonyl (C=O) groups excluding carboxylic acids is 1. The van der Waals surface area contributed by atoms with Crippen LogP contribution in [0.1, 0.15) is 33.5 Å². The van der Waals surface area contributed by atoms with E-state index in [-0.39, 0.29) is 23.4 Å². The third kappa shape index (κ3) is 1.85. The summed E-state index contributed by atoms with van der Waals surface area (Å²) in [6.07, 6.45) is 0.769. The van der Waals surface area contributed by atoms with Gasteiger partial charge in [-0.25, -0.2) is 4.79 Å². The van der Waals surface area contributed by atoms with Crippen molar-refractivity contribution in [3.63, 3.8) is 0 Å². The lowest BCUT2D eigenvalue weighted by Gasteiger charge is -2.21. The van der Waals surface area contributed by atoms with Crippen LogP contribution in [-0.4, -0.2) is 28.2 Å². The smallest absolute Gasteiger partial charge is 0.374 e. The van der Waals surface area contributed by atoms with Gasteiger partial charge < -0.3 is 14.5 Å². The molecule has 102 valence electrons. The summed E-state index contributed by atoms with van der Waals surface area (Å²) in [5.74, 6) is -1.93. The summed E-state index contributed by atoms with van der Waals surface area (Å²) in [6, 6.07) is 8.79. The SMILES string of the molecule is CC1Cc2ccccc2N1C(=O)c1cc(C(=O)O)on1. The zero-order valence-electron chi connectivity index (χ0n) is 10.7. The Kier molecular flexibility index (Phi) is 2.78. The quantitative estimate of drug-likeness (QED) is 0.903. The van der Waals surface area contributed by atoms with Crippen molar-refractivity contribution in [3.8, 4) is 0 Å². The third-order valence-corrected chi connectivity index (χ3v) is 3.37. The molecule has 0 saturated heterocycles. The average Bonchev–Trinajstić information content (AvgIpc) is 3.01. The molecule has 1 unspecified atom stereocenters. The van der Waals surface area contributed by atoms with Crippen LogP contribution in [0.5, 0.6) is 0 Å². The summed E-state index contributed by atoms with van der Waals surface area (Å²) >= 11 is 0. The summed E-state index contributed by atoms with van der Waals surface area (Å²) in [4.78, 5) is 24.9. The van der Waals surface area contributed by atoms with E-state index in [1.165, 1.54) is 0 Å². The number of benzene rings is 1. The number of carboxylic acids is 1. The summed E-state index contributed by atoms with van der Waals surface area (Å²) < 4.78 is 4.63. The number of amides is 1. The minimum atomic E-state index is -1.24. The first kappa shape index (κ1) is 12.4. The molecule has 0 radical (unpaired) electrons. The topological polar surface area (TPSA) is 83.6 Å². The molecule has 6 nitrogen and oxygen atoms in total. The lowest BCUT2D eigenvalue weighted by atomic mass is 10.1. The van der Waals surface area contributed by atoms with E-state index in [0.29, 0.717) is 0 Å². The molecule has 6 heteroatoms. The number of hydrogen-bond acceptors (Lipinski definition) is 4. The van der Waals surface area contributed by atoms with E-state index in [4.69, 9.17) is 5.11 Å². The van der Waals surface area contributed by atoms with Gasteiger partial charge in [0.1, 0.15) is 0 Å². The first-order chi connectivity index (χ1) is 9.58. The molecule has 1 N–H and O–H groups in total. The van der Waals surface area contributed by atoms with Crippen molar-refractivity contribution >= 4 is 17.6 Å². The number of fused-ring (bicyclic) bond motifs is 1. The van der Waals surface area contributed by atoms with E-state index >= 15 is 0 Å². The van der Waals surface area contributed by atoms with Crippen LogP contribution in [-0.2, 0) is 6.42 Å². The Morgan fingerprint density at radius 2 is 2.15 bits per heavy atom. The Bertz CT molecular complexity index is 692. The maximum Gasteiger partial charge on any atom is 0.374 e. The number of rotatable bonds is 2. The molecule has 2 aromatic rings. The van der Waals surface area contributed by atoms with Gasteiger partial charge >= 0.3 is 5.97 Å². The molecule has 0 bridgehead atoms. The Labute approximate surface area is 114 Å². The van der Waals surface area contributed by atoms with Crippen molar-refractivity contribution in [2.75, 3.05) is 4.90 Å². The molecule has 1 atom stereocenters. The second-order valence-electron chi connectivity index (χ2n) is 4.74. The summed E-state index contributed by atoms with van der Waals surface area (Å²) in [7, 11) is 0. The van der Waals surface area contributed by atoms with Gasteiger partial charge in [-0.05, 0) is 25.0 Å². The number of aromatic carboxylic acids is 1. The molecular weight excluding hydrogens is 260 g/mol. The maximum absolute atomic E-state index is 12.5. The largest absolute Gasteiger partial charge is 0.475 e. The van der Waals surface area contributed by atoms with Gasteiger partial charge in [0.25, 0.3) is 5.91 Å². The number of para-hydroxylation sites is 1. The zero-order valence-corrected chi connectivity index (χ0v) is 10.7. The third-order valence-electron chi connectivity index (χ3n) is 3.37. The predicted molar refractivity (Wildman–Crippen MR) is 69.9 cm³/mol. The van der Waals surface area contributed by atoms with Gasteiger partial charge in [-0.1, -0.05) is 23.4 Å². The van der Waals surface area contributed by atoms with E-state index in [2.05, 4.69) is 9.68 Å². The number of nitrogens with zero attached hydrogens (tertiary/aromatic N) is 2. The van der Waals surface area contributed by atoms with Crippen LogP contribution in [0.15, 0.2) is 34.9 Å². The van der Waals surface area contributed by atoms with Crippen LogP contribution in [0.4, 0.5) is 5.69 Å². The molecule has 1 amide bonds. The van der Waals surface area contributed by atoms with Crippen LogP contribution in [0, 0.1) is 0 Å². The molecule has 1 aromatic heterocycles. The fourth-order valence-corrected chi connectivity index (χ4v) is 2.48. The molecule has 1 aliphatic rings. The molecule has 1 aromatic carbocycles. The highest BCUT2D eigenvalue weighted by Gasteiger charge is 2.33. The van der Waals surface area contributed by atoms with Gasteiger partial charge in [-0.2, -0.15) is 0 Å². The maximum atomic E-state index is 12.5. The van der Waals surface area contributed by atoms with Crippen LogP contribution < -0.4 is 4.90 Å². The number of hydrogen-bond donors (Lipinski definition) is 1. The summed E-state index contributed by atoms with van der Waals surface area (Å²) in [5.41, 5.74) is 1.94. The number of anilines is 1. The number of carbonyl (C=O) groups is 2. The number of aromatic nitrogens is 1. The molecule has 20 heavy (non-hydrogen) atoms. The first-order valence-corrected chi connectivity index (χ1v) is 6.19. The van der Waals surface area contributed by atoms with Gasteiger partial charge in [0.2, 0.25) is 5.76 Å². The van der Waals surface area contributed by atoms with Crippen LogP contribution in [0.2, 0.25) is 0 Å². The average molecular weight is 272 g/mol. The van der Waals surface area contributed by atoms with Crippen molar-refractivity contribution in [2.45, 2.75) is 19.4 Å². The molecule has 3 rings (SSSR count). The van der Waals surface area contributed by atoms with E-state index in [1.54, 1.807) is 4.90 Å². The number of carboxylic acid groups (broad SMARTS) is 1. The van der Waals surface area contributed by atoms with Crippen LogP contribution >= 0.6 is 0 Å². The molecule has 2 heterocycles. The van der Waals surface area contributed by atoms with E-state index in [9.17, 15) is 9.59 Å². The Morgan fingerprint density at radius 1 is 1.40 bits per heavy atom. The monoisotopic (exact) mass is 272 g/mol. The van der Waals surface area contributed by atoms with Gasteiger partial charge in [0.05, 0.1) is 0 Å². The van der Waals surface area contributed by atoms with E-state index < -0.39 is 5.97 Å². The minimum Gasteiger partial charge on any atom is -0.475 e. The highest BCUT2D eigenvalue weighted by molar-refractivity contribution is 6.07. The van der Waals surface area contributed by atoms with Crippen molar-refractivity contribution in [1.29, 1.82) is 0 Å². The molecule has 0 fully saturated rings. The van der Waals surface area contributed by atoms with Gasteiger partial charge in [0.15, 0.2) is 5.69 Å². The standard InChI is InChI=1S/C14H12N2O4/c1-8-6-9-4-2-3-5-11(9)16(8)13(17)10-7-12(14(18)19)20-15-10/h2-5,7-8H,6H2,1H3,(H,18,19). The van der Waals surface area contributed by atoms with Gasteiger partial charge in [0, 0.05) is 17.8 Å². The fourth-order valence-electron chi connectivity index (χ4n) is 2.48. The van der Waals surface area contributed by atoms with Crippen LogP contribution in [0.3, 0.4) is 0 Å². The highest BCUT2D eigenvalue weighted by Crippen LogP contribution is 2.32. The van der Waals surface area contributed by atoms with E-state index in [0.717, 1.165) is 23.7 Å². The molecular formula is C14H12N2O4. The Balaban J connectivity index is 1.96. The van der Waals surface area contributed by atoms with Crippen molar-refractivity contribution in [1.82, 2.24) is 5.16 Å². The van der Waals surface area contributed by atoms with Crippen LogP contribution in [0.25, 0.3) is 0 Å². The summed E-state index contributed by atoms with van der Waals surface area (Å²) in [5, 5.41) is 12.3. The molecule has 0 spiro atoms. The van der Waals surface area contributed by atoms with E-state index in [1.807, 2.05) is 31.2 Å². The van der Waals surface area contributed by atoms with Gasteiger partial charge in [-0.15, -0.1) is 0 Å². The van der Waals surface area contributed by atoms with Crippen molar-refractivity contribution in [2.24, 2.45) is 0 Å². The normalized spacial score (nSPS) is 17.1. The zero-order chi connectivity index (χ0) is 14.3.